The predicted octanol–water partition coefficient (Wildman–Crippen LogP) is -2.35. The maximum Gasteiger partial charge on any atom is 0.151 e. The summed E-state index contributed by atoms with van der Waals surface area (Å²) in [6, 6.07) is 0. The molecule has 0 aromatic rings. The van der Waals surface area contributed by atoms with Gasteiger partial charge in [-0.1, -0.05) is 0 Å². The van der Waals surface area contributed by atoms with Gasteiger partial charge < -0.3 is 25.2 Å². The normalized spacial score (nSPS) is 21.9. The van der Waals surface area contributed by atoms with Crippen LogP contribution in [0.2, 0.25) is 0 Å². The van der Waals surface area contributed by atoms with E-state index >= 15 is 0 Å². The third-order valence-electron chi connectivity index (χ3n) is 1.33. The predicted molar refractivity (Wildman–Crippen MR) is 35.8 cm³/mol. The number of carbonyl (C=O) groups is 1. The van der Waals surface area contributed by atoms with Crippen LogP contribution in [0, 0.1) is 0 Å². The van der Waals surface area contributed by atoms with Crippen molar-refractivity contribution in [2.24, 2.45) is 0 Å². The van der Waals surface area contributed by atoms with Crippen molar-refractivity contribution in [2.45, 2.75) is 31.3 Å². The van der Waals surface area contributed by atoms with Gasteiger partial charge in [0.05, 0.1) is 6.10 Å². The Labute approximate surface area is 63.9 Å². The maximum atomic E-state index is 9.87. The Bertz CT molecular complexity index is 124. The van der Waals surface area contributed by atoms with Crippen LogP contribution in [-0.4, -0.2) is 51.1 Å². The topological polar surface area (TPSA) is 98.0 Å². The molecule has 0 rings (SSSR count). The molecule has 5 nitrogen and oxygen atoms in total. The summed E-state index contributed by atoms with van der Waals surface area (Å²) < 4.78 is 0. The molecule has 0 saturated heterocycles. The van der Waals surface area contributed by atoms with Gasteiger partial charge in [-0.3, -0.25) is 0 Å². The highest BCUT2D eigenvalue weighted by molar-refractivity contribution is 5.56. The summed E-state index contributed by atoms with van der Waals surface area (Å²) in [6.45, 7) is 1.24. The van der Waals surface area contributed by atoms with Crippen LogP contribution in [0.1, 0.15) is 6.92 Å². The van der Waals surface area contributed by atoms with E-state index in [9.17, 15) is 4.79 Å². The summed E-state index contributed by atoms with van der Waals surface area (Å²) in [4.78, 5) is 9.87. The van der Waals surface area contributed by atoms with Gasteiger partial charge in [0.15, 0.2) is 6.29 Å². The van der Waals surface area contributed by atoms with Crippen molar-refractivity contribution in [2.75, 3.05) is 0 Å². The van der Waals surface area contributed by atoms with E-state index in [4.69, 9.17) is 20.4 Å². The maximum absolute atomic E-state index is 9.87. The zero-order valence-electron chi connectivity index (χ0n) is 6.08. The summed E-state index contributed by atoms with van der Waals surface area (Å²) in [5.74, 6) is 0. The molecular weight excluding hydrogens is 152 g/mol. The van der Waals surface area contributed by atoms with Crippen LogP contribution in [-0.2, 0) is 4.79 Å². The minimum Gasteiger partial charge on any atom is -0.391 e. The smallest absolute Gasteiger partial charge is 0.151 e. The largest absolute Gasteiger partial charge is 0.391 e. The molecule has 0 aliphatic carbocycles. The van der Waals surface area contributed by atoms with Gasteiger partial charge in [0.2, 0.25) is 0 Å². The van der Waals surface area contributed by atoms with E-state index in [2.05, 4.69) is 0 Å². The van der Waals surface area contributed by atoms with Crippen LogP contribution < -0.4 is 0 Å². The van der Waals surface area contributed by atoms with Crippen LogP contribution >= 0.6 is 0 Å². The average Bonchev–Trinajstić information content (AvgIpc) is 2.00. The SMILES string of the molecule is CC(O)[C@H](O)[C@@H](O)[C@H](O)C=O. The molecule has 0 fully saturated rings. The average molecular weight is 164 g/mol. The van der Waals surface area contributed by atoms with Crippen molar-refractivity contribution in [3.8, 4) is 0 Å². The van der Waals surface area contributed by atoms with Crippen molar-refractivity contribution in [3.05, 3.63) is 0 Å². The quantitative estimate of drug-likeness (QED) is 0.349. The molecule has 0 amide bonds. The lowest BCUT2D eigenvalue weighted by Gasteiger charge is -2.21. The zero-order valence-corrected chi connectivity index (χ0v) is 6.08. The first-order chi connectivity index (χ1) is 5.00. The molecule has 11 heavy (non-hydrogen) atoms. The lowest BCUT2D eigenvalue weighted by atomic mass is 10.1. The first-order valence-electron chi connectivity index (χ1n) is 3.18. The minimum absolute atomic E-state index is 0.0935. The summed E-state index contributed by atoms with van der Waals surface area (Å²) in [5, 5.41) is 35.1. The lowest BCUT2D eigenvalue weighted by molar-refractivity contribution is -0.132. The van der Waals surface area contributed by atoms with Crippen LogP contribution in [0.4, 0.5) is 0 Å². The molecular formula is C6H12O5. The van der Waals surface area contributed by atoms with Gasteiger partial charge in [0.25, 0.3) is 0 Å². The molecule has 0 saturated carbocycles. The van der Waals surface area contributed by atoms with E-state index in [1.807, 2.05) is 0 Å². The molecule has 0 aliphatic heterocycles. The van der Waals surface area contributed by atoms with Gasteiger partial charge >= 0.3 is 0 Å². The van der Waals surface area contributed by atoms with E-state index in [-0.39, 0.29) is 6.29 Å². The van der Waals surface area contributed by atoms with Gasteiger partial charge in [0.1, 0.15) is 18.3 Å². The zero-order chi connectivity index (χ0) is 9.02. The summed E-state index contributed by atoms with van der Waals surface area (Å²) >= 11 is 0. The molecule has 0 radical (unpaired) electrons. The van der Waals surface area contributed by atoms with Crippen LogP contribution in [0.15, 0.2) is 0 Å². The van der Waals surface area contributed by atoms with Crippen molar-refractivity contribution >= 4 is 6.29 Å². The molecule has 4 atom stereocenters. The van der Waals surface area contributed by atoms with E-state index in [1.54, 1.807) is 0 Å². The van der Waals surface area contributed by atoms with E-state index in [0.717, 1.165) is 0 Å². The summed E-state index contributed by atoms with van der Waals surface area (Å²) in [6.07, 6.45) is -5.88. The number of aldehydes is 1. The Hall–Kier alpha value is -0.490. The fraction of sp³-hybridized carbons (Fsp3) is 0.833. The number of rotatable bonds is 4. The Kier molecular flexibility index (Phi) is 4.20. The van der Waals surface area contributed by atoms with Crippen LogP contribution in [0.3, 0.4) is 0 Å². The Morgan fingerprint density at radius 1 is 1.09 bits per heavy atom. The number of carbonyl (C=O) groups excluding carboxylic acids is 1. The standard InChI is InChI=1S/C6H12O5/c1-3(8)5(10)6(11)4(9)2-7/h2-6,8-11H,1H3/t3?,4-,5+,6+/m1/s1. The molecule has 66 valence electrons. The molecule has 0 aromatic carbocycles. The van der Waals surface area contributed by atoms with E-state index < -0.39 is 24.4 Å². The van der Waals surface area contributed by atoms with Crippen molar-refractivity contribution < 1.29 is 25.2 Å². The highest BCUT2D eigenvalue weighted by Crippen LogP contribution is 2.02. The number of aliphatic hydroxyl groups excluding tert-OH is 4. The Morgan fingerprint density at radius 3 is 1.82 bits per heavy atom. The fourth-order valence-corrected chi connectivity index (χ4v) is 0.568. The molecule has 4 N–H and O–H groups in total. The monoisotopic (exact) mass is 164 g/mol. The van der Waals surface area contributed by atoms with Gasteiger partial charge in [-0.2, -0.15) is 0 Å². The summed E-state index contributed by atoms with van der Waals surface area (Å²) in [5.41, 5.74) is 0. The summed E-state index contributed by atoms with van der Waals surface area (Å²) in [7, 11) is 0. The Morgan fingerprint density at radius 2 is 1.55 bits per heavy atom. The van der Waals surface area contributed by atoms with Crippen LogP contribution in [0.25, 0.3) is 0 Å². The molecule has 0 heterocycles. The second-order valence-electron chi connectivity index (χ2n) is 2.35. The van der Waals surface area contributed by atoms with Crippen molar-refractivity contribution in [1.29, 1.82) is 0 Å². The third-order valence-corrected chi connectivity index (χ3v) is 1.33. The highest BCUT2D eigenvalue weighted by Gasteiger charge is 2.27. The van der Waals surface area contributed by atoms with Crippen LogP contribution in [0.5, 0.6) is 0 Å². The minimum atomic E-state index is -1.65. The first-order valence-corrected chi connectivity index (χ1v) is 3.18. The Balaban J connectivity index is 4.00. The first kappa shape index (κ1) is 10.5. The lowest BCUT2D eigenvalue weighted by Crippen LogP contribution is -2.43. The third kappa shape index (κ3) is 2.94. The molecule has 0 aliphatic rings. The number of hydrogen-bond acceptors (Lipinski definition) is 5. The van der Waals surface area contributed by atoms with Gasteiger partial charge in [-0.05, 0) is 6.92 Å². The fourth-order valence-electron chi connectivity index (χ4n) is 0.568. The van der Waals surface area contributed by atoms with E-state index in [1.165, 1.54) is 6.92 Å². The second-order valence-corrected chi connectivity index (χ2v) is 2.35. The molecule has 1 unspecified atom stereocenters. The van der Waals surface area contributed by atoms with Crippen molar-refractivity contribution in [1.82, 2.24) is 0 Å². The molecule has 0 bridgehead atoms. The molecule has 0 spiro atoms. The second kappa shape index (κ2) is 4.40. The van der Waals surface area contributed by atoms with Gasteiger partial charge in [-0.25, -0.2) is 0 Å². The van der Waals surface area contributed by atoms with Crippen molar-refractivity contribution in [3.63, 3.8) is 0 Å². The molecule has 0 aromatic heterocycles. The molecule has 5 heteroatoms. The van der Waals surface area contributed by atoms with Gasteiger partial charge in [0, 0.05) is 0 Å². The number of aliphatic hydroxyl groups is 4. The number of hydrogen-bond donors (Lipinski definition) is 4. The van der Waals surface area contributed by atoms with Gasteiger partial charge in [-0.15, -0.1) is 0 Å². The van der Waals surface area contributed by atoms with E-state index in [0.29, 0.717) is 0 Å². The highest BCUT2D eigenvalue weighted by atomic mass is 16.4.